The molecule has 6 atom stereocenters. The Kier molecular flexibility index (Phi) is 8.05. The van der Waals surface area contributed by atoms with Crippen LogP contribution in [-0.2, 0) is 20.7 Å². The van der Waals surface area contributed by atoms with E-state index in [-0.39, 0.29) is 34.4 Å². The minimum Gasteiger partial charge on any atom is -0.507 e. The summed E-state index contributed by atoms with van der Waals surface area (Å²) >= 11 is 0. The summed E-state index contributed by atoms with van der Waals surface area (Å²) in [7, 11) is 4.86. The number of carbonyl (C=O) groups is 3. The number of ketones is 3. The summed E-state index contributed by atoms with van der Waals surface area (Å²) in [5.41, 5.74) is -3.63. The van der Waals surface area contributed by atoms with E-state index in [9.17, 15) is 39.9 Å². The molecule has 0 saturated carbocycles. The van der Waals surface area contributed by atoms with Crippen LogP contribution >= 0.6 is 0 Å². The molecular weight excluding hydrogens is 564 g/mol. The van der Waals surface area contributed by atoms with Gasteiger partial charge in [0.1, 0.15) is 35.6 Å². The fraction of sp³-hybridized carbons (Fsp3) is 0.467. The molecule has 2 aromatic rings. The SMILES string of the molecule is COc1cccc2c1C(=O)c1c(O)c3c(c(O)c1C2=O)CC(O)(C(=O)CO)CC3OC1CC(N=CN(C)C)C(O)C(C)O1. The number of fused-ring (bicyclic) bond motifs is 3. The largest absolute Gasteiger partial charge is 0.507 e. The maximum absolute atomic E-state index is 13.8. The number of hydrogen-bond acceptors (Lipinski definition) is 12. The van der Waals surface area contributed by atoms with Crippen LogP contribution in [0.5, 0.6) is 17.2 Å². The molecule has 0 bridgehead atoms. The Labute approximate surface area is 246 Å². The van der Waals surface area contributed by atoms with Crippen LogP contribution in [0.15, 0.2) is 23.2 Å². The van der Waals surface area contributed by atoms with Crippen molar-refractivity contribution in [2.24, 2.45) is 4.99 Å². The topological polar surface area (TPSA) is 196 Å². The Balaban J connectivity index is 1.64. The number of carbonyl (C=O) groups excluding carboxylic acids is 3. The summed E-state index contributed by atoms with van der Waals surface area (Å²) in [5, 5.41) is 54.7. The van der Waals surface area contributed by atoms with Gasteiger partial charge in [-0.2, -0.15) is 0 Å². The standard InChI is InChI=1S/C30H34N2O11/c1-13-25(35)16(31-12-32(2)3)8-20(42-13)43-18-10-30(40,19(34)11-33)9-15-22(18)29(39)24-23(27(15)37)26(36)14-6-5-7-17(41-4)21(14)28(24)38/h5-7,12-13,16,18,20,25,33,35,37,39-40H,8-11H2,1-4H3. The van der Waals surface area contributed by atoms with Crippen molar-refractivity contribution in [3.05, 3.63) is 51.6 Å². The van der Waals surface area contributed by atoms with E-state index < -0.39 is 95.7 Å². The maximum atomic E-state index is 13.8. The van der Waals surface area contributed by atoms with Crippen LogP contribution in [0.4, 0.5) is 0 Å². The van der Waals surface area contributed by atoms with Gasteiger partial charge in [0.05, 0.1) is 48.4 Å². The van der Waals surface area contributed by atoms with E-state index in [2.05, 4.69) is 4.99 Å². The van der Waals surface area contributed by atoms with E-state index >= 15 is 0 Å². The van der Waals surface area contributed by atoms with Crippen molar-refractivity contribution in [3.63, 3.8) is 0 Å². The molecule has 1 heterocycles. The van der Waals surface area contributed by atoms with E-state index in [0.29, 0.717) is 0 Å². The summed E-state index contributed by atoms with van der Waals surface area (Å²) in [6.07, 6.45) is -3.59. The van der Waals surface area contributed by atoms with E-state index in [4.69, 9.17) is 14.2 Å². The predicted octanol–water partition coefficient (Wildman–Crippen LogP) is 0.632. The zero-order valence-corrected chi connectivity index (χ0v) is 24.1. The van der Waals surface area contributed by atoms with Crippen molar-refractivity contribution in [2.75, 3.05) is 27.8 Å². The fourth-order valence-electron chi connectivity index (χ4n) is 6.06. The average molecular weight is 599 g/mol. The highest BCUT2D eigenvalue weighted by atomic mass is 16.7. The first-order valence-electron chi connectivity index (χ1n) is 13.7. The predicted molar refractivity (Wildman–Crippen MR) is 150 cm³/mol. The zero-order chi connectivity index (χ0) is 31.4. The van der Waals surface area contributed by atoms with Crippen LogP contribution in [0.1, 0.15) is 68.8 Å². The number of Topliss-reactive ketones (excluding diaryl/α,β-unsaturated/α-hetero) is 1. The monoisotopic (exact) mass is 598 g/mol. The molecule has 5 rings (SSSR count). The van der Waals surface area contributed by atoms with Gasteiger partial charge in [-0.05, 0) is 13.0 Å². The first-order chi connectivity index (χ1) is 20.3. The molecule has 1 saturated heterocycles. The third-order valence-electron chi connectivity index (χ3n) is 8.22. The lowest BCUT2D eigenvalue weighted by atomic mass is 9.72. The quantitative estimate of drug-likeness (QED) is 0.145. The van der Waals surface area contributed by atoms with E-state index in [1.165, 1.54) is 31.6 Å². The molecule has 230 valence electrons. The number of benzene rings is 2. The summed E-state index contributed by atoms with van der Waals surface area (Å²) < 4.78 is 17.3. The van der Waals surface area contributed by atoms with Gasteiger partial charge < -0.3 is 44.6 Å². The van der Waals surface area contributed by atoms with E-state index in [1.54, 1.807) is 25.9 Å². The maximum Gasteiger partial charge on any atom is 0.202 e. The second-order valence-electron chi connectivity index (χ2n) is 11.3. The highest BCUT2D eigenvalue weighted by Crippen LogP contribution is 2.52. The van der Waals surface area contributed by atoms with Crippen LogP contribution in [0, 0.1) is 0 Å². The molecule has 2 aliphatic carbocycles. The highest BCUT2D eigenvalue weighted by molar-refractivity contribution is 6.31. The van der Waals surface area contributed by atoms with Crippen molar-refractivity contribution in [1.82, 2.24) is 4.90 Å². The number of aliphatic hydroxyl groups excluding tert-OH is 2. The minimum atomic E-state index is -2.25. The van der Waals surface area contributed by atoms with E-state index in [1.807, 2.05) is 0 Å². The summed E-state index contributed by atoms with van der Waals surface area (Å²) in [5.74, 6) is -3.77. The zero-order valence-electron chi connectivity index (χ0n) is 24.1. The first-order valence-corrected chi connectivity index (χ1v) is 13.7. The Hall–Kier alpha value is -3.88. The first kappa shape index (κ1) is 30.6. The molecule has 3 aliphatic rings. The van der Waals surface area contributed by atoms with Crippen LogP contribution in [0.25, 0.3) is 0 Å². The van der Waals surface area contributed by atoms with Gasteiger partial charge in [-0.3, -0.25) is 19.4 Å². The molecule has 1 aliphatic heterocycles. The number of phenolic OH excluding ortho intramolecular Hbond substituents is 2. The van der Waals surface area contributed by atoms with Crippen molar-refractivity contribution in [3.8, 4) is 17.2 Å². The van der Waals surface area contributed by atoms with Crippen molar-refractivity contribution in [2.45, 2.75) is 62.4 Å². The number of rotatable bonds is 7. The third kappa shape index (κ3) is 5.06. The molecule has 0 aromatic heterocycles. The molecule has 5 N–H and O–H groups in total. The molecule has 0 spiro atoms. The van der Waals surface area contributed by atoms with Crippen molar-refractivity contribution >= 4 is 23.7 Å². The lowest BCUT2D eigenvalue weighted by molar-refractivity contribution is -0.247. The van der Waals surface area contributed by atoms with Gasteiger partial charge in [-0.1, -0.05) is 12.1 Å². The molecule has 0 radical (unpaired) electrons. The smallest absolute Gasteiger partial charge is 0.202 e. The summed E-state index contributed by atoms with van der Waals surface area (Å²) in [6.45, 7) is 0.596. The Bertz CT molecular complexity index is 1520. The molecule has 1 fully saturated rings. The van der Waals surface area contributed by atoms with Crippen LogP contribution in [0.3, 0.4) is 0 Å². The lowest BCUT2D eigenvalue weighted by Crippen LogP contribution is -2.50. The number of hydrogen-bond donors (Lipinski definition) is 5. The third-order valence-corrected chi connectivity index (χ3v) is 8.22. The van der Waals surface area contributed by atoms with E-state index in [0.717, 1.165) is 0 Å². The second kappa shape index (κ2) is 11.3. The second-order valence-corrected chi connectivity index (χ2v) is 11.3. The minimum absolute atomic E-state index is 0.0493. The molecule has 2 aromatic carbocycles. The molecular formula is C30H34N2O11. The highest BCUT2D eigenvalue weighted by Gasteiger charge is 2.50. The molecule has 13 nitrogen and oxygen atoms in total. The molecule has 43 heavy (non-hydrogen) atoms. The Morgan fingerprint density at radius 3 is 2.51 bits per heavy atom. The number of nitrogens with zero attached hydrogens (tertiary/aromatic N) is 2. The summed E-state index contributed by atoms with van der Waals surface area (Å²) in [6, 6.07) is 3.73. The number of ether oxygens (including phenoxy) is 3. The van der Waals surface area contributed by atoms with Gasteiger partial charge in [0.25, 0.3) is 0 Å². The number of methoxy groups -OCH3 is 1. The summed E-state index contributed by atoms with van der Waals surface area (Å²) in [4.78, 5) is 46.2. The lowest BCUT2D eigenvalue weighted by Gasteiger charge is -2.42. The number of aliphatic imine (C=N–C) groups is 1. The molecule has 0 amide bonds. The number of aromatic hydroxyl groups is 2. The number of aliphatic hydroxyl groups is 3. The number of phenols is 2. The van der Waals surface area contributed by atoms with Crippen molar-refractivity contribution < 1.29 is 54.1 Å². The van der Waals surface area contributed by atoms with Gasteiger partial charge in [-0.25, -0.2) is 0 Å². The van der Waals surface area contributed by atoms with Crippen LogP contribution < -0.4 is 4.74 Å². The van der Waals surface area contributed by atoms with Gasteiger partial charge in [0.2, 0.25) is 5.78 Å². The normalized spacial score (nSPS) is 28.3. The van der Waals surface area contributed by atoms with Gasteiger partial charge in [0, 0.05) is 50.0 Å². The van der Waals surface area contributed by atoms with Gasteiger partial charge in [0.15, 0.2) is 17.9 Å². The van der Waals surface area contributed by atoms with Crippen LogP contribution in [-0.4, -0.2) is 112 Å². The van der Waals surface area contributed by atoms with Gasteiger partial charge in [-0.15, -0.1) is 0 Å². The van der Waals surface area contributed by atoms with Gasteiger partial charge >= 0.3 is 0 Å². The average Bonchev–Trinajstić information content (AvgIpc) is 2.97. The molecule has 6 unspecified atom stereocenters. The molecule has 13 heteroatoms. The Morgan fingerprint density at radius 1 is 1.16 bits per heavy atom. The van der Waals surface area contributed by atoms with Crippen molar-refractivity contribution in [1.29, 1.82) is 0 Å². The van der Waals surface area contributed by atoms with Crippen LogP contribution in [0.2, 0.25) is 0 Å². The fourth-order valence-corrected chi connectivity index (χ4v) is 6.06. The Morgan fingerprint density at radius 2 is 1.86 bits per heavy atom.